The second kappa shape index (κ2) is 10.9. The van der Waals surface area contributed by atoms with Crippen LogP contribution in [0.15, 0.2) is 18.2 Å². The molecule has 0 radical (unpaired) electrons. The summed E-state index contributed by atoms with van der Waals surface area (Å²) in [5.74, 6) is 0.608. The van der Waals surface area contributed by atoms with Crippen LogP contribution < -0.4 is 14.8 Å². The Kier molecular flexibility index (Phi) is 9.23. The van der Waals surface area contributed by atoms with E-state index in [9.17, 15) is 9.90 Å². The summed E-state index contributed by atoms with van der Waals surface area (Å²) in [7, 11) is 1.62. The van der Waals surface area contributed by atoms with Gasteiger partial charge in [-0.15, -0.1) is 0 Å². The van der Waals surface area contributed by atoms with Gasteiger partial charge in [0.05, 0.1) is 13.7 Å². The molecule has 1 atom stereocenters. The Hall–Kier alpha value is -1.75. The van der Waals surface area contributed by atoms with Gasteiger partial charge in [0.25, 0.3) is 0 Å². The van der Waals surface area contributed by atoms with Gasteiger partial charge in [0.2, 0.25) is 0 Å². The van der Waals surface area contributed by atoms with E-state index in [1.54, 1.807) is 7.11 Å². The third-order valence-electron chi connectivity index (χ3n) is 3.94. The highest BCUT2D eigenvalue weighted by atomic mass is 16.5. The molecular formula is C19H31NO4. The minimum absolute atomic E-state index is 0.0233. The van der Waals surface area contributed by atoms with Crippen LogP contribution in [-0.4, -0.2) is 30.8 Å². The molecule has 5 heteroatoms. The van der Waals surface area contributed by atoms with Crippen molar-refractivity contribution in [2.24, 2.45) is 5.92 Å². The van der Waals surface area contributed by atoms with E-state index in [-0.39, 0.29) is 5.92 Å². The van der Waals surface area contributed by atoms with Crippen molar-refractivity contribution >= 4 is 5.97 Å². The number of hydrogen-bond donors (Lipinski definition) is 2. The zero-order valence-corrected chi connectivity index (χ0v) is 15.3. The van der Waals surface area contributed by atoms with Crippen molar-refractivity contribution < 1.29 is 19.4 Å². The van der Waals surface area contributed by atoms with Crippen molar-refractivity contribution in [2.45, 2.75) is 59.0 Å². The summed E-state index contributed by atoms with van der Waals surface area (Å²) in [6.07, 6.45) is 4.64. The molecule has 0 unspecified atom stereocenters. The number of carbonyl (C=O) groups is 1. The van der Waals surface area contributed by atoms with Crippen LogP contribution >= 0.6 is 0 Å². The number of methoxy groups -OCH3 is 1. The summed E-state index contributed by atoms with van der Waals surface area (Å²) in [6.45, 7) is 7.12. The first-order valence-corrected chi connectivity index (χ1v) is 8.75. The Balaban J connectivity index is 2.60. The minimum Gasteiger partial charge on any atom is -0.493 e. The number of aliphatic carboxylic acids is 1. The molecule has 0 bridgehead atoms. The Morgan fingerprint density at radius 1 is 1.21 bits per heavy atom. The fourth-order valence-electron chi connectivity index (χ4n) is 2.49. The molecule has 1 aromatic rings. The summed E-state index contributed by atoms with van der Waals surface area (Å²) in [6, 6.07) is 5.16. The Morgan fingerprint density at radius 3 is 2.54 bits per heavy atom. The molecule has 24 heavy (non-hydrogen) atoms. The van der Waals surface area contributed by atoms with E-state index in [4.69, 9.17) is 9.47 Å². The molecule has 0 aromatic heterocycles. The first kappa shape index (κ1) is 20.3. The Bertz CT molecular complexity index is 502. The van der Waals surface area contributed by atoms with Gasteiger partial charge < -0.3 is 19.9 Å². The van der Waals surface area contributed by atoms with Crippen molar-refractivity contribution in [3.05, 3.63) is 23.8 Å². The maximum absolute atomic E-state index is 11.2. The molecule has 2 N–H and O–H groups in total. The lowest BCUT2D eigenvalue weighted by Gasteiger charge is -2.18. The maximum Gasteiger partial charge on any atom is 0.320 e. The van der Waals surface area contributed by atoms with Gasteiger partial charge in [-0.25, -0.2) is 0 Å². The molecule has 1 rings (SSSR count). The Labute approximate surface area is 145 Å². The minimum atomic E-state index is -0.830. The van der Waals surface area contributed by atoms with Crippen LogP contribution in [0, 0.1) is 5.92 Å². The van der Waals surface area contributed by atoms with Crippen LogP contribution in [-0.2, 0) is 11.3 Å². The van der Waals surface area contributed by atoms with Gasteiger partial charge in [0.1, 0.15) is 6.04 Å². The lowest BCUT2D eigenvalue weighted by Crippen LogP contribution is -2.40. The summed E-state index contributed by atoms with van der Waals surface area (Å²) < 4.78 is 11.2. The average Bonchev–Trinajstić information content (AvgIpc) is 2.54. The molecule has 1 aromatic carbocycles. The number of unbranched alkanes of at least 4 members (excludes halogenated alkanes) is 3. The zero-order valence-electron chi connectivity index (χ0n) is 15.3. The monoisotopic (exact) mass is 337 g/mol. The van der Waals surface area contributed by atoms with E-state index < -0.39 is 12.0 Å². The van der Waals surface area contributed by atoms with Crippen LogP contribution in [0.4, 0.5) is 0 Å². The van der Waals surface area contributed by atoms with E-state index in [0.29, 0.717) is 18.9 Å². The van der Waals surface area contributed by atoms with Gasteiger partial charge in [0.15, 0.2) is 11.5 Å². The van der Waals surface area contributed by atoms with E-state index in [1.807, 2.05) is 32.0 Å². The molecule has 5 nitrogen and oxygen atoms in total. The highest BCUT2D eigenvalue weighted by Crippen LogP contribution is 2.28. The predicted octanol–water partition coefficient (Wildman–Crippen LogP) is 3.85. The van der Waals surface area contributed by atoms with Gasteiger partial charge in [-0.3, -0.25) is 4.79 Å². The van der Waals surface area contributed by atoms with Gasteiger partial charge in [-0.05, 0) is 30.0 Å². The quantitative estimate of drug-likeness (QED) is 0.567. The number of carboxylic acids is 1. The van der Waals surface area contributed by atoms with E-state index in [2.05, 4.69) is 12.2 Å². The zero-order chi connectivity index (χ0) is 17.9. The number of carboxylic acid groups (broad SMARTS) is 1. The second-order valence-electron chi connectivity index (χ2n) is 6.34. The number of nitrogens with one attached hydrogen (secondary N) is 1. The lowest BCUT2D eigenvalue weighted by molar-refractivity contribution is -0.140. The van der Waals surface area contributed by atoms with Crippen LogP contribution in [0.5, 0.6) is 11.5 Å². The SMILES string of the molecule is CCCCCCOc1ccc(CN[C@H](C(=O)O)C(C)C)cc1OC. The largest absolute Gasteiger partial charge is 0.493 e. The summed E-state index contributed by atoms with van der Waals surface area (Å²) in [5.41, 5.74) is 0.970. The average molecular weight is 337 g/mol. The number of hydrogen-bond acceptors (Lipinski definition) is 4. The summed E-state index contributed by atoms with van der Waals surface area (Å²) >= 11 is 0. The highest BCUT2D eigenvalue weighted by molar-refractivity contribution is 5.73. The highest BCUT2D eigenvalue weighted by Gasteiger charge is 2.20. The van der Waals surface area contributed by atoms with Gasteiger partial charge >= 0.3 is 5.97 Å². The number of rotatable bonds is 12. The lowest BCUT2D eigenvalue weighted by atomic mass is 10.0. The smallest absolute Gasteiger partial charge is 0.320 e. The van der Waals surface area contributed by atoms with E-state index >= 15 is 0 Å². The molecule has 0 spiro atoms. The number of ether oxygens (including phenoxy) is 2. The molecule has 0 fully saturated rings. The van der Waals surface area contributed by atoms with Gasteiger partial charge in [0, 0.05) is 6.54 Å². The predicted molar refractivity (Wildman–Crippen MR) is 95.7 cm³/mol. The first-order valence-electron chi connectivity index (χ1n) is 8.75. The fourth-order valence-corrected chi connectivity index (χ4v) is 2.49. The molecule has 0 amide bonds. The van der Waals surface area contributed by atoms with Crippen LogP contribution in [0.3, 0.4) is 0 Å². The van der Waals surface area contributed by atoms with E-state index in [0.717, 1.165) is 17.7 Å². The van der Waals surface area contributed by atoms with Crippen LogP contribution in [0.2, 0.25) is 0 Å². The normalized spacial score (nSPS) is 12.2. The molecule has 0 aliphatic carbocycles. The van der Waals surface area contributed by atoms with Crippen molar-refractivity contribution in [1.29, 1.82) is 0 Å². The molecule has 0 saturated carbocycles. The van der Waals surface area contributed by atoms with Crippen molar-refractivity contribution in [1.82, 2.24) is 5.32 Å². The van der Waals surface area contributed by atoms with Crippen LogP contribution in [0.25, 0.3) is 0 Å². The van der Waals surface area contributed by atoms with Gasteiger partial charge in [-0.2, -0.15) is 0 Å². The van der Waals surface area contributed by atoms with Crippen molar-refractivity contribution in [2.75, 3.05) is 13.7 Å². The summed E-state index contributed by atoms with van der Waals surface area (Å²) in [4.78, 5) is 11.2. The first-order chi connectivity index (χ1) is 11.5. The Morgan fingerprint density at radius 2 is 1.96 bits per heavy atom. The molecule has 0 aliphatic rings. The fraction of sp³-hybridized carbons (Fsp3) is 0.632. The van der Waals surface area contributed by atoms with E-state index in [1.165, 1.54) is 19.3 Å². The maximum atomic E-state index is 11.2. The third-order valence-corrected chi connectivity index (χ3v) is 3.94. The topological polar surface area (TPSA) is 67.8 Å². The van der Waals surface area contributed by atoms with Crippen molar-refractivity contribution in [3.63, 3.8) is 0 Å². The third kappa shape index (κ3) is 6.79. The molecule has 0 heterocycles. The second-order valence-corrected chi connectivity index (χ2v) is 6.34. The number of benzene rings is 1. The molecular weight excluding hydrogens is 306 g/mol. The molecule has 0 aliphatic heterocycles. The van der Waals surface area contributed by atoms with Crippen LogP contribution in [0.1, 0.15) is 52.0 Å². The van der Waals surface area contributed by atoms with Crippen molar-refractivity contribution in [3.8, 4) is 11.5 Å². The molecule has 136 valence electrons. The molecule has 0 saturated heterocycles. The summed E-state index contributed by atoms with van der Waals surface area (Å²) in [5, 5.41) is 12.3. The van der Waals surface area contributed by atoms with Gasteiger partial charge in [-0.1, -0.05) is 46.1 Å². The standard InChI is InChI=1S/C19H31NO4/c1-5-6-7-8-11-24-16-10-9-15(12-17(16)23-4)13-20-18(14(2)3)19(21)22/h9-10,12,14,18,20H,5-8,11,13H2,1-4H3,(H,21,22)/t18-/m0/s1.